The molecule has 4 nitrogen and oxygen atoms in total. The van der Waals surface area contributed by atoms with E-state index in [9.17, 15) is 0 Å². The number of nitrogens with zero attached hydrogens (tertiary/aromatic N) is 3. The van der Waals surface area contributed by atoms with Crippen molar-refractivity contribution in [2.45, 2.75) is 45.6 Å². The van der Waals surface area contributed by atoms with Crippen molar-refractivity contribution in [3.63, 3.8) is 0 Å². The molecule has 0 aliphatic rings. The summed E-state index contributed by atoms with van der Waals surface area (Å²) < 4.78 is 3.40. The lowest BCUT2D eigenvalue weighted by Crippen LogP contribution is -2.24. The zero-order valence-electron chi connectivity index (χ0n) is 15.7. The van der Waals surface area contributed by atoms with Crippen LogP contribution in [0.2, 0.25) is 0 Å². The third-order valence-corrected chi connectivity index (χ3v) is 5.89. The molecule has 26 heavy (non-hydrogen) atoms. The smallest absolute Gasteiger partial charge is 0.181 e. The van der Waals surface area contributed by atoms with Crippen molar-refractivity contribution in [2.75, 3.05) is 5.73 Å². The molecule has 0 unspecified atom stereocenters. The van der Waals surface area contributed by atoms with Gasteiger partial charge in [0, 0.05) is 29.7 Å². The fourth-order valence-electron chi connectivity index (χ4n) is 3.42. The fraction of sp³-hybridized carbons (Fsp3) is 0.333. The van der Waals surface area contributed by atoms with Gasteiger partial charge in [0.25, 0.3) is 0 Å². The summed E-state index contributed by atoms with van der Waals surface area (Å²) in [6, 6.07) is 10.9. The number of rotatable bonds is 4. The van der Waals surface area contributed by atoms with Crippen molar-refractivity contribution in [1.82, 2.24) is 14.5 Å². The zero-order valence-corrected chi connectivity index (χ0v) is 16.5. The van der Waals surface area contributed by atoms with E-state index in [1.807, 2.05) is 6.20 Å². The van der Waals surface area contributed by atoms with E-state index in [4.69, 9.17) is 10.7 Å². The van der Waals surface area contributed by atoms with Crippen LogP contribution in [0.25, 0.3) is 21.3 Å². The normalized spacial score (nSPS) is 12.5. The van der Waals surface area contributed by atoms with Gasteiger partial charge in [0.15, 0.2) is 5.13 Å². The van der Waals surface area contributed by atoms with Crippen molar-refractivity contribution in [3.05, 3.63) is 53.9 Å². The van der Waals surface area contributed by atoms with E-state index in [1.165, 1.54) is 16.5 Å². The first kappa shape index (κ1) is 17.0. The minimum Gasteiger partial charge on any atom is -0.375 e. The van der Waals surface area contributed by atoms with Gasteiger partial charge in [0.1, 0.15) is 5.65 Å². The third-order valence-electron chi connectivity index (χ3n) is 5.04. The summed E-state index contributed by atoms with van der Waals surface area (Å²) in [6.45, 7) is 9.81. The fourth-order valence-corrected chi connectivity index (χ4v) is 4.19. The number of aromatic nitrogens is 3. The van der Waals surface area contributed by atoms with Gasteiger partial charge in [-0.2, -0.15) is 0 Å². The summed E-state index contributed by atoms with van der Waals surface area (Å²) in [5, 5.41) is 1.83. The van der Waals surface area contributed by atoms with Crippen LogP contribution in [0.4, 0.5) is 5.13 Å². The summed E-state index contributed by atoms with van der Waals surface area (Å²) in [5.41, 5.74) is 10.4. The van der Waals surface area contributed by atoms with E-state index in [1.54, 1.807) is 11.3 Å². The molecule has 0 saturated carbocycles. The van der Waals surface area contributed by atoms with Gasteiger partial charge in [-0.3, -0.25) is 0 Å². The molecule has 0 aliphatic carbocycles. The average molecular weight is 365 g/mol. The largest absolute Gasteiger partial charge is 0.375 e. The Kier molecular flexibility index (Phi) is 3.99. The van der Waals surface area contributed by atoms with Crippen LogP contribution < -0.4 is 5.73 Å². The summed E-state index contributed by atoms with van der Waals surface area (Å²) in [7, 11) is 0. The minimum absolute atomic E-state index is 0.0305. The van der Waals surface area contributed by atoms with Crippen LogP contribution in [0.3, 0.4) is 0 Å². The van der Waals surface area contributed by atoms with E-state index in [2.05, 4.69) is 73.8 Å². The van der Waals surface area contributed by atoms with Crippen molar-refractivity contribution >= 4 is 37.7 Å². The lowest BCUT2D eigenvalue weighted by Gasteiger charge is -2.26. The maximum absolute atomic E-state index is 5.85. The molecular weight excluding hydrogens is 340 g/mol. The molecule has 0 bridgehead atoms. The van der Waals surface area contributed by atoms with Crippen LogP contribution in [0.5, 0.6) is 0 Å². The molecule has 0 spiro atoms. The number of nitrogens with two attached hydrogens (primary N) is 1. The second-order valence-electron chi connectivity index (χ2n) is 7.90. The molecule has 1 aromatic carbocycles. The number of fused-ring (bicyclic) bond motifs is 2. The van der Waals surface area contributed by atoms with Crippen molar-refractivity contribution in [3.8, 4) is 0 Å². The molecule has 0 amide bonds. The first-order valence-corrected chi connectivity index (χ1v) is 9.76. The van der Waals surface area contributed by atoms with Gasteiger partial charge in [0.2, 0.25) is 0 Å². The van der Waals surface area contributed by atoms with Gasteiger partial charge >= 0.3 is 0 Å². The van der Waals surface area contributed by atoms with E-state index in [0.717, 1.165) is 22.4 Å². The predicted molar refractivity (Wildman–Crippen MR) is 111 cm³/mol. The highest BCUT2D eigenvalue weighted by Crippen LogP contribution is 2.32. The highest BCUT2D eigenvalue weighted by atomic mass is 32.1. The summed E-state index contributed by atoms with van der Waals surface area (Å²) in [5.74, 6) is 0.491. The van der Waals surface area contributed by atoms with Crippen LogP contribution in [0.1, 0.15) is 44.7 Å². The van der Waals surface area contributed by atoms with Crippen molar-refractivity contribution in [2.24, 2.45) is 0 Å². The maximum atomic E-state index is 5.85. The molecule has 134 valence electrons. The van der Waals surface area contributed by atoms with Gasteiger partial charge in [-0.1, -0.05) is 45.1 Å². The van der Waals surface area contributed by atoms with E-state index in [-0.39, 0.29) is 5.41 Å². The van der Waals surface area contributed by atoms with Gasteiger partial charge in [0.05, 0.1) is 10.2 Å². The molecule has 0 aliphatic heterocycles. The Labute approximate surface area is 157 Å². The topological polar surface area (TPSA) is 56.7 Å². The summed E-state index contributed by atoms with van der Waals surface area (Å²) in [4.78, 5) is 9.09. The number of thiazole rings is 1. The second-order valence-corrected chi connectivity index (χ2v) is 8.96. The van der Waals surface area contributed by atoms with Gasteiger partial charge in [-0.05, 0) is 41.3 Å². The molecule has 0 atom stereocenters. The van der Waals surface area contributed by atoms with Crippen LogP contribution in [-0.2, 0) is 12.0 Å². The molecule has 4 aromatic rings. The zero-order chi connectivity index (χ0) is 18.5. The molecule has 0 fully saturated rings. The molecule has 3 aromatic heterocycles. The molecule has 5 heteroatoms. The molecule has 2 N–H and O–H groups in total. The number of nitrogen functional groups attached to an aromatic ring is 1. The van der Waals surface area contributed by atoms with Crippen LogP contribution >= 0.6 is 11.3 Å². The monoisotopic (exact) mass is 364 g/mol. The lowest BCUT2D eigenvalue weighted by atomic mass is 9.84. The number of hydrogen-bond donors (Lipinski definition) is 1. The Morgan fingerprint density at radius 2 is 2.00 bits per heavy atom. The first-order chi connectivity index (χ1) is 12.3. The summed E-state index contributed by atoms with van der Waals surface area (Å²) >= 11 is 1.54. The van der Waals surface area contributed by atoms with E-state index in [0.29, 0.717) is 11.0 Å². The quantitative estimate of drug-likeness (QED) is 0.532. The SMILES string of the molecule is CC(C)c1cnc2c(ccn2CC(C)(C)c2ccc3nc(N)sc3c2)c1. The Morgan fingerprint density at radius 1 is 1.19 bits per heavy atom. The third kappa shape index (κ3) is 2.97. The Bertz CT molecular complexity index is 1090. The first-order valence-electron chi connectivity index (χ1n) is 8.95. The van der Waals surface area contributed by atoms with Crippen LogP contribution in [0.15, 0.2) is 42.7 Å². The predicted octanol–water partition coefficient (Wildman–Crippen LogP) is 5.33. The maximum Gasteiger partial charge on any atom is 0.181 e. The van der Waals surface area contributed by atoms with Crippen molar-refractivity contribution < 1.29 is 0 Å². The number of benzene rings is 1. The van der Waals surface area contributed by atoms with Gasteiger partial charge in [-0.15, -0.1) is 0 Å². The minimum atomic E-state index is -0.0305. The summed E-state index contributed by atoms with van der Waals surface area (Å²) in [6.07, 6.45) is 4.15. The molecule has 0 saturated heterocycles. The van der Waals surface area contributed by atoms with Crippen LogP contribution in [0, 0.1) is 0 Å². The number of pyridine rings is 1. The van der Waals surface area contributed by atoms with Gasteiger partial charge in [-0.25, -0.2) is 9.97 Å². The molecule has 0 radical (unpaired) electrons. The molecule has 4 rings (SSSR count). The highest BCUT2D eigenvalue weighted by molar-refractivity contribution is 7.22. The Morgan fingerprint density at radius 3 is 2.77 bits per heavy atom. The number of anilines is 1. The molecular formula is C21H24N4S. The van der Waals surface area contributed by atoms with Crippen LogP contribution in [-0.4, -0.2) is 14.5 Å². The van der Waals surface area contributed by atoms with E-state index >= 15 is 0 Å². The van der Waals surface area contributed by atoms with E-state index < -0.39 is 0 Å². The standard InChI is InChI=1S/C21H24N4S/c1-13(2)15-9-14-7-8-25(19(14)23-11-15)12-21(3,4)16-5-6-17-18(10-16)26-20(22)24-17/h5-11,13H,12H2,1-4H3,(H2,22,24). The Balaban J connectivity index is 1.69. The highest BCUT2D eigenvalue weighted by Gasteiger charge is 2.23. The number of hydrogen-bond acceptors (Lipinski definition) is 4. The average Bonchev–Trinajstić information content (AvgIpc) is 3.15. The van der Waals surface area contributed by atoms with Gasteiger partial charge < -0.3 is 10.3 Å². The van der Waals surface area contributed by atoms with Crippen molar-refractivity contribution in [1.29, 1.82) is 0 Å². The Hall–Kier alpha value is -2.40. The molecule has 3 heterocycles. The lowest BCUT2D eigenvalue weighted by molar-refractivity contribution is 0.442. The second kappa shape index (κ2) is 6.09.